The van der Waals surface area contributed by atoms with Crippen molar-refractivity contribution in [3.05, 3.63) is 48.6 Å². The van der Waals surface area contributed by atoms with E-state index in [1.807, 2.05) is 0 Å². The first-order valence-corrected chi connectivity index (χ1v) is 28.2. The number of carbonyl (C=O) groups is 1. The van der Waals surface area contributed by atoms with Crippen molar-refractivity contribution >= 4 is 5.97 Å². The van der Waals surface area contributed by atoms with Crippen LogP contribution in [-0.4, -0.2) is 142 Å². The molecule has 11 atom stereocenters. The number of aliphatic hydroxyl groups is 7. The van der Waals surface area contributed by atoms with Crippen LogP contribution in [-0.2, 0) is 33.2 Å². The summed E-state index contributed by atoms with van der Waals surface area (Å²) in [5, 5.41) is 72.3. The maximum Gasteiger partial charge on any atom is 0.306 e. The fourth-order valence-electron chi connectivity index (χ4n) is 8.77. The molecule has 2 aliphatic heterocycles. The molecule has 71 heavy (non-hydrogen) atoms. The molecule has 14 heteroatoms. The number of ether oxygens (including phenoxy) is 6. The smallest absolute Gasteiger partial charge is 0.306 e. The molecule has 2 rings (SSSR count). The predicted molar refractivity (Wildman–Crippen MR) is 279 cm³/mol. The van der Waals surface area contributed by atoms with Crippen molar-refractivity contribution in [2.75, 3.05) is 33.0 Å². The molecule has 0 amide bonds. The summed E-state index contributed by atoms with van der Waals surface area (Å²) in [5.41, 5.74) is 0. The van der Waals surface area contributed by atoms with Gasteiger partial charge in [0.15, 0.2) is 12.6 Å². The fourth-order valence-corrected chi connectivity index (χ4v) is 8.77. The Morgan fingerprint density at radius 2 is 0.915 bits per heavy atom. The van der Waals surface area contributed by atoms with Gasteiger partial charge in [0.05, 0.1) is 26.4 Å². The lowest BCUT2D eigenvalue weighted by Gasteiger charge is -2.42. The minimum absolute atomic E-state index is 0.0555. The van der Waals surface area contributed by atoms with Gasteiger partial charge in [0, 0.05) is 13.0 Å². The van der Waals surface area contributed by atoms with Crippen molar-refractivity contribution in [1.29, 1.82) is 0 Å². The molecule has 0 aromatic rings. The van der Waals surface area contributed by atoms with E-state index in [2.05, 4.69) is 62.5 Å². The van der Waals surface area contributed by atoms with Gasteiger partial charge in [-0.15, -0.1) is 0 Å². The number of hydrogen-bond donors (Lipinski definition) is 7. The molecule has 0 aliphatic carbocycles. The SMILES string of the molecule is CC/C=C\C/C=C\C/C=C\CCCCCCCCCCOCC(COC1OC(COC2OC(CO)C(O)C(O)C2O)C(O)C(O)C1O)OC(=O)CCCCCCCCCCC/C=C\CCCCCCCC. The van der Waals surface area contributed by atoms with Crippen molar-refractivity contribution in [3.63, 3.8) is 0 Å². The van der Waals surface area contributed by atoms with Crippen LogP contribution in [0.25, 0.3) is 0 Å². The molecule has 2 saturated heterocycles. The van der Waals surface area contributed by atoms with Crippen molar-refractivity contribution in [3.8, 4) is 0 Å². The summed E-state index contributed by atoms with van der Waals surface area (Å²) in [6, 6.07) is 0. The second kappa shape index (κ2) is 44.3. The lowest BCUT2D eigenvalue weighted by Crippen LogP contribution is -2.61. The molecule has 0 aromatic carbocycles. The summed E-state index contributed by atoms with van der Waals surface area (Å²) in [4.78, 5) is 13.1. The van der Waals surface area contributed by atoms with Gasteiger partial charge in [0.25, 0.3) is 0 Å². The second-order valence-corrected chi connectivity index (χ2v) is 19.7. The average Bonchev–Trinajstić information content (AvgIpc) is 3.37. The lowest BCUT2D eigenvalue weighted by atomic mass is 9.98. The van der Waals surface area contributed by atoms with E-state index in [4.69, 9.17) is 28.4 Å². The van der Waals surface area contributed by atoms with E-state index in [9.17, 15) is 40.5 Å². The highest BCUT2D eigenvalue weighted by Gasteiger charge is 2.47. The first-order valence-electron chi connectivity index (χ1n) is 28.2. The van der Waals surface area contributed by atoms with Crippen LogP contribution in [0.15, 0.2) is 48.6 Å². The first-order chi connectivity index (χ1) is 34.6. The zero-order valence-corrected chi connectivity index (χ0v) is 44.2. The number of hydrogen-bond acceptors (Lipinski definition) is 14. The van der Waals surface area contributed by atoms with Gasteiger partial charge in [-0.1, -0.05) is 178 Å². The van der Waals surface area contributed by atoms with Crippen LogP contribution in [0.2, 0.25) is 0 Å². The normalized spacial score (nSPS) is 25.6. The van der Waals surface area contributed by atoms with Crippen LogP contribution in [0.5, 0.6) is 0 Å². The number of allylic oxidation sites excluding steroid dienone is 8. The van der Waals surface area contributed by atoms with Gasteiger partial charge in [-0.25, -0.2) is 0 Å². The van der Waals surface area contributed by atoms with Crippen LogP contribution >= 0.6 is 0 Å². The third kappa shape index (κ3) is 31.4. The summed E-state index contributed by atoms with van der Waals surface area (Å²) in [6.45, 7) is 3.57. The maximum atomic E-state index is 13.1. The van der Waals surface area contributed by atoms with E-state index in [1.165, 1.54) is 116 Å². The molecule has 0 saturated carbocycles. The molecule has 2 heterocycles. The Kier molecular flexibility index (Phi) is 40.6. The molecule has 0 spiro atoms. The van der Waals surface area contributed by atoms with Crippen LogP contribution in [0, 0.1) is 0 Å². The molecular weight excluding hydrogens is 909 g/mol. The summed E-state index contributed by atoms with van der Waals surface area (Å²) in [7, 11) is 0. The standard InChI is InChI=1S/C57H102O14/c1-3-5-7-9-11-13-15-17-19-21-23-24-26-28-30-32-34-36-38-40-49(59)69-46(43-66-41-39-37-35-33-31-29-27-25-22-20-18-16-14-12-10-8-6-4-2)44-67-56-55(65)53(63)51(61)48(71-56)45-68-57-54(64)52(62)50(60)47(42-58)70-57/h6,8,12,14,17-20,46-48,50-58,60-65H,3-5,7,9-11,13,15-16,21-45H2,1-2H3/b8-6-,14-12-,19-17-,20-18-. The molecule has 11 unspecified atom stereocenters. The summed E-state index contributed by atoms with van der Waals surface area (Å²) in [6.07, 6.45) is 35.9. The van der Waals surface area contributed by atoms with E-state index in [0.717, 1.165) is 64.2 Å². The summed E-state index contributed by atoms with van der Waals surface area (Å²) < 4.78 is 34.4. The molecule has 14 nitrogen and oxygen atoms in total. The molecule has 7 N–H and O–H groups in total. The Bertz CT molecular complexity index is 1360. The third-order valence-corrected chi connectivity index (χ3v) is 13.3. The Morgan fingerprint density at radius 3 is 1.45 bits per heavy atom. The number of aliphatic hydroxyl groups excluding tert-OH is 7. The van der Waals surface area contributed by atoms with E-state index >= 15 is 0 Å². The summed E-state index contributed by atoms with van der Waals surface area (Å²) in [5.74, 6) is -0.381. The number of esters is 1. The Balaban J connectivity index is 1.73. The highest BCUT2D eigenvalue weighted by atomic mass is 16.7. The topological polar surface area (TPSA) is 214 Å². The van der Waals surface area contributed by atoms with Gasteiger partial charge in [-0.2, -0.15) is 0 Å². The van der Waals surface area contributed by atoms with Crippen LogP contribution in [0.3, 0.4) is 0 Å². The van der Waals surface area contributed by atoms with Crippen LogP contribution < -0.4 is 0 Å². The van der Waals surface area contributed by atoms with Gasteiger partial charge in [-0.05, 0) is 70.6 Å². The largest absolute Gasteiger partial charge is 0.457 e. The monoisotopic (exact) mass is 1010 g/mol. The molecular formula is C57H102O14. The lowest BCUT2D eigenvalue weighted by molar-refractivity contribution is -0.332. The van der Waals surface area contributed by atoms with E-state index in [1.54, 1.807) is 0 Å². The van der Waals surface area contributed by atoms with Crippen molar-refractivity contribution < 1.29 is 69.0 Å². The van der Waals surface area contributed by atoms with Crippen molar-refractivity contribution in [2.24, 2.45) is 0 Å². The van der Waals surface area contributed by atoms with E-state index < -0.39 is 80.7 Å². The van der Waals surface area contributed by atoms with Gasteiger partial charge in [0.1, 0.15) is 54.9 Å². The Morgan fingerprint density at radius 1 is 0.479 bits per heavy atom. The Hall–Kier alpha value is -2.05. The minimum atomic E-state index is -1.71. The van der Waals surface area contributed by atoms with Crippen molar-refractivity contribution in [2.45, 2.75) is 274 Å². The van der Waals surface area contributed by atoms with Gasteiger partial charge >= 0.3 is 5.97 Å². The van der Waals surface area contributed by atoms with Gasteiger partial charge < -0.3 is 64.2 Å². The average molecular weight is 1010 g/mol. The molecule has 2 aliphatic rings. The van der Waals surface area contributed by atoms with E-state index in [0.29, 0.717) is 13.0 Å². The predicted octanol–water partition coefficient (Wildman–Crippen LogP) is 9.52. The highest BCUT2D eigenvalue weighted by Crippen LogP contribution is 2.26. The molecule has 0 radical (unpaired) electrons. The summed E-state index contributed by atoms with van der Waals surface area (Å²) >= 11 is 0. The van der Waals surface area contributed by atoms with Crippen LogP contribution in [0.4, 0.5) is 0 Å². The maximum absolute atomic E-state index is 13.1. The quantitative estimate of drug-likeness (QED) is 0.0172. The highest BCUT2D eigenvalue weighted by molar-refractivity contribution is 5.69. The first kappa shape index (κ1) is 65.1. The van der Waals surface area contributed by atoms with Gasteiger partial charge in [0.2, 0.25) is 0 Å². The number of rotatable bonds is 45. The zero-order chi connectivity index (χ0) is 51.6. The van der Waals surface area contributed by atoms with Crippen molar-refractivity contribution in [1.82, 2.24) is 0 Å². The fraction of sp³-hybridized carbons (Fsp3) is 0.842. The molecule has 414 valence electrons. The molecule has 0 aromatic heterocycles. The third-order valence-electron chi connectivity index (χ3n) is 13.3. The van der Waals surface area contributed by atoms with Crippen LogP contribution in [0.1, 0.15) is 206 Å². The number of unbranched alkanes of at least 4 members (excludes halogenated alkanes) is 23. The zero-order valence-electron chi connectivity index (χ0n) is 44.2. The minimum Gasteiger partial charge on any atom is -0.457 e. The number of carbonyl (C=O) groups excluding carboxylic acids is 1. The molecule has 0 bridgehead atoms. The molecule has 2 fully saturated rings. The van der Waals surface area contributed by atoms with E-state index in [-0.39, 0.29) is 25.6 Å². The Labute approximate surface area is 429 Å². The van der Waals surface area contributed by atoms with Gasteiger partial charge in [-0.3, -0.25) is 4.79 Å². The second-order valence-electron chi connectivity index (χ2n) is 19.7.